The minimum absolute atomic E-state index is 0.0186. The Balaban J connectivity index is 2.05. The van der Waals surface area contributed by atoms with Crippen molar-refractivity contribution in [3.05, 3.63) is 93.9 Å². The lowest BCUT2D eigenvalue weighted by molar-refractivity contribution is -0.137. The molecule has 3 aromatic rings. The fraction of sp³-hybridized carbons (Fsp3) is 0.0952. The van der Waals surface area contributed by atoms with Crippen molar-refractivity contribution in [1.82, 2.24) is 9.78 Å². The molecule has 3 rings (SSSR count). The number of halogens is 3. The molecule has 2 N–H and O–H groups in total. The summed E-state index contributed by atoms with van der Waals surface area (Å²) in [7, 11) is 0. The molecule has 1 aromatic heterocycles. The summed E-state index contributed by atoms with van der Waals surface area (Å²) in [4.78, 5) is 12.4. The Labute approximate surface area is 164 Å². The van der Waals surface area contributed by atoms with Crippen LogP contribution in [0.15, 0.2) is 71.7 Å². The third-order valence-corrected chi connectivity index (χ3v) is 4.05. The molecule has 0 amide bonds. The molecule has 0 aliphatic carbocycles. The maximum Gasteiger partial charge on any atom is 0.416 e. The molecule has 5 nitrogen and oxygen atoms in total. The zero-order chi connectivity index (χ0) is 21.0. The van der Waals surface area contributed by atoms with E-state index in [4.69, 9.17) is 5.41 Å². The van der Waals surface area contributed by atoms with Gasteiger partial charge in [-0.2, -0.15) is 18.3 Å². The summed E-state index contributed by atoms with van der Waals surface area (Å²) in [5.41, 5.74) is 0.838. The number of hydrogen-bond donors (Lipinski definition) is 2. The van der Waals surface area contributed by atoms with E-state index in [1.54, 1.807) is 6.07 Å². The molecule has 1 heterocycles. The molecule has 0 atom stereocenters. The predicted molar refractivity (Wildman–Crippen MR) is 106 cm³/mol. The minimum atomic E-state index is -4.49. The van der Waals surface area contributed by atoms with Gasteiger partial charge in [0.2, 0.25) is 5.43 Å². The van der Waals surface area contributed by atoms with Gasteiger partial charge in [0.1, 0.15) is 0 Å². The van der Waals surface area contributed by atoms with Crippen LogP contribution in [0, 0.1) is 12.3 Å². The number of nitrogens with one attached hydrogen (secondary N) is 2. The third-order valence-electron chi connectivity index (χ3n) is 4.05. The number of hydrogen-bond acceptors (Lipinski definition) is 4. The van der Waals surface area contributed by atoms with E-state index in [1.165, 1.54) is 35.2 Å². The molecular weight excluding hydrogens is 381 g/mol. The van der Waals surface area contributed by atoms with Crippen LogP contribution < -0.4 is 10.7 Å². The maximum absolute atomic E-state index is 13.0. The van der Waals surface area contributed by atoms with Gasteiger partial charge in [-0.3, -0.25) is 4.79 Å². The van der Waals surface area contributed by atoms with E-state index in [9.17, 15) is 18.0 Å². The summed E-state index contributed by atoms with van der Waals surface area (Å²) < 4.78 is 40.2. The van der Waals surface area contributed by atoms with Crippen LogP contribution in [0.2, 0.25) is 0 Å². The van der Waals surface area contributed by atoms with Crippen LogP contribution >= 0.6 is 0 Å². The number of aromatic nitrogens is 2. The van der Waals surface area contributed by atoms with Crippen molar-refractivity contribution in [2.75, 3.05) is 5.32 Å². The summed E-state index contributed by atoms with van der Waals surface area (Å²) in [6.07, 6.45) is -0.824. The van der Waals surface area contributed by atoms with Crippen molar-refractivity contribution < 1.29 is 13.2 Å². The van der Waals surface area contributed by atoms with Crippen LogP contribution in [0.5, 0.6) is 0 Å². The fourth-order valence-electron chi connectivity index (χ4n) is 2.70. The van der Waals surface area contributed by atoms with Crippen LogP contribution in [0.3, 0.4) is 0 Å². The lowest BCUT2D eigenvalue weighted by atomic mass is 10.2. The lowest BCUT2D eigenvalue weighted by Gasteiger charge is -2.13. The molecule has 2 aromatic carbocycles. The summed E-state index contributed by atoms with van der Waals surface area (Å²) in [6.45, 7) is 1.91. The van der Waals surface area contributed by atoms with E-state index in [1.807, 2.05) is 25.1 Å². The maximum atomic E-state index is 13.0. The highest BCUT2D eigenvalue weighted by Crippen LogP contribution is 2.30. The number of benzene rings is 2. The quantitative estimate of drug-likeness (QED) is 0.614. The highest BCUT2D eigenvalue weighted by molar-refractivity contribution is 5.86. The third kappa shape index (κ3) is 4.78. The first-order valence-electron chi connectivity index (χ1n) is 8.60. The van der Waals surface area contributed by atoms with Gasteiger partial charge < -0.3 is 10.7 Å². The molecule has 0 saturated heterocycles. The first kappa shape index (κ1) is 20.1. The van der Waals surface area contributed by atoms with E-state index >= 15 is 0 Å². The van der Waals surface area contributed by atoms with E-state index < -0.39 is 17.2 Å². The fourth-order valence-corrected chi connectivity index (χ4v) is 2.70. The Hall–Kier alpha value is -3.68. The number of rotatable bonds is 5. The van der Waals surface area contributed by atoms with Gasteiger partial charge in [-0.1, -0.05) is 18.2 Å². The zero-order valence-corrected chi connectivity index (χ0v) is 15.4. The van der Waals surface area contributed by atoms with Gasteiger partial charge in [-0.25, -0.2) is 4.68 Å². The highest BCUT2D eigenvalue weighted by atomic mass is 19.4. The van der Waals surface area contributed by atoms with Crippen LogP contribution in [0.25, 0.3) is 11.4 Å². The van der Waals surface area contributed by atoms with Crippen molar-refractivity contribution in [3.8, 4) is 5.69 Å². The second-order valence-corrected chi connectivity index (χ2v) is 6.26. The zero-order valence-electron chi connectivity index (χ0n) is 15.4. The normalized spacial score (nSPS) is 11.9. The largest absolute Gasteiger partial charge is 0.416 e. The Bertz CT molecular complexity index is 1130. The molecule has 148 valence electrons. The van der Waals surface area contributed by atoms with E-state index in [0.717, 1.165) is 23.9 Å². The summed E-state index contributed by atoms with van der Waals surface area (Å²) in [5, 5.41) is 14.6. The summed E-state index contributed by atoms with van der Waals surface area (Å²) >= 11 is 0. The summed E-state index contributed by atoms with van der Waals surface area (Å²) in [5.74, 6) is 0. The number of nitrogens with zero attached hydrogens (tertiary/aromatic N) is 2. The van der Waals surface area contributed by atoms with Crippen molar-refractivity contribution in [1.29, 1.82) is 5.41 Å². The topological polar surface area (TPSA) is 70.8 Å². The molecule has 0 bridgehead atoms. The number of anilines is 1. The molecule has 0 spiro atoms. The van der Waals surface area contributed by atoms with E-state index in [0.29, 0.717) is 5.69 Å². The first-order valence-corrected chi connectivity index (χ1v) is 8.60. The van der Waals surface area contributed by atoms with Crippen molar-refractivity contribution in [2.24, 2.45) is 0 Å². The van der Waals surface area contributed by atoms with Gasteiger partial charge in [-0.05, 0) is 48.9 Å². The molecule has 0 radical (unpaired) electrons. The van der Waals surface area contributed by atoms with Crippen molar-refractivity contribution in [2.45, 2.75) is 13.1 Å². The molecular formula is C21H17F3N4O. The van der Waals surface area contributed by atoms with E-state index in [-0.39, 0.29) is 17.1 Å². The Morgan fingerprint density at radius 3 is 2.59 bits per heavy atom. The lowest BCUT2D eigenvalue weighted by Crippen LogP contribution is -2.18. The predicted octanol–water partition coefficient (Wildman–Crippen LogP) is 4.66. The number of aryl methyl sites for hydroxylation is 1. The molecule has 0 aliphatic rings. The van der Waals surface area contributed by atoms with Gasteiger partial charge in [-0.15, -0.1) is 0 Å². The van der Waals surface area contributed by atoms with Crippen LogP contribution in [-0.4, -0.2) is 16.0 Å². The average molecular weight is 398 g/mol. The second kappa shape index (κ2) is 8.14. The van der Waals surface area contributed by atoms with Gasteiger partial charge >= 0.3 is 6.18 Å². The Morgan fingerprint density at radius 2 is 1.90 bits per heavy atom. The number of allylic oxidation sites excluding steroid dienone is 1. The standard InChI is InChI=1S/C21H17F3N4O/c1-14-4-2-6-16(12-14)26-18(8-10-25)20-19(29)9-11-28(27-20)17-7-3-5-15(13-17)21(22,23)24/h2-13,25-26H,1H3/b18-8-,25-10?. The average Bonchev–Trinajstić information content (AvgIpc) is 2.68. The Morgan fingerprint density at radius 1 is 1.14 bits per heavy atom. The highest BCUT2D eigenvalue weighted by Gasteiger charge is 2.30. The van der Waals surface area contributed by atoms with Gasteiger partial charge in [0.15, 0.2) is 5.69 Å². The van der Waals surface area contributed by atoms with Crippen molar-refractivity contribution in [3.63, 3.8) is 0 Å². The molecule has 8 heteroatoms. The van der Waals surface area contributed by atoms with Gasteiger partial charge in [0, 0.05) is 24.2 Å². The first-order chi connectivity index (χ1) is 13.8. The van der Waals surface area contributed by atoms with Gasteiger partial charge in [0.25, 0.3) is 0 Å². The molecule has 0 fully saturated rings. The summed E-state index contributed by atoms with van der Waals surface area (Å²) in [6, 6.07) is 13.3. The van der Waals surface area contributed by atoms with E-state index in [2.05, 4.69) is 10.4 Å². The molecule has 0 aliphatic heterocycles. The Kier molecular flexibility index (Phi) is 5.63. The molecule has 29 heavy (non-hydrogen) atoms. The second-order valence-electron chi connectivity index (χ2n) is 6.26. The number of alkyl halides is 3. The SMILES string of the molecule is Cc1cccc(N/C(=C\C=N)c2nn(-c3cccc(C(F)(F)F)c3)ccc2=O)c1. The monoisotopic (exact) mass is 398 g/mol. The molecule has 0 saturated carbocycles. The van der Waals surface area contributed by atoms with Crippen LogP contribution in [-0.2, 0) is 6.18 Å². The molecule has 0 unspecified atom stereocenters. The minimum Gasteiger partial charge on any atom is -0.354 e. The smallest absolute Gasteiger partial charge is 0.354 e. The van der Waals surface area contributed by atoms with Crippen LogP contribution in [0.1, 0.15) is 16.8 Å². The van der Waals surface area contributed by atoms with Gasteiger partial charge in [0.05, 0.1) is 16.9 Å². The van der Waals surface area contributed by atoms with Crippen LogP contribution in [0.4, 0.5) is 18.9 Å². The van der Waals surface area contributed by atoms with Crippen molar-refractivity contribution >= 4 is 17.6 Å².